The molecule has 1 heterocycles. The van der Waals surface area contributed by atoms with Gasteiger partial charge in [-0.1, -0.05) is 41.4 Å². The number of carbonyl (C=O) groups excluding carboxylic acids is 2. The van der Waals surface area contributed by atoms with Gasteiger partial charge in [0.1, 0.15) is 29.5 Å². The molecule has 0 radical (unpaired) electrons. The number of benzene rings is 2. The fraction of sp³-hybridized carbons (Fsp3) is 0.360. The maximum Gasteiger partial charge on any atom is 0.342 e. The van der Waals surface area contributed by atoms with E-state index in [-0.39, 0.29) is 29.8 Å². The molecule has 32 heavy (non-hydrogen) atoms. The van der Waals surface area contributed by atoms with Crippen LogP contribution in [0, 0.1) is 0 Å². The summed E-state index contributed by atoms with van der Waals surface area (Å²) in [6.07, 6.45) is 6.93. The first kappa shape index (κ1) is 24.1. The van der Waals surface area contributed by atoms with E-state index >= 15 is 0 Å². The van der Waals surface area contributed by atoms with Gasteiger partial charge in [0.2, 0.25) is 0 Å². The first-order valence-electron chi connectivity index (χ1n) is 10.7. The molecule has 2 aromatic rings. The number of phenolic OH excluding ortho intramolecular Hbond substituents is 1. The number of aromatic hydroxyl groups is 1. The van der Waals surface area contributed by atoms with E-state index in [1.54, 1.807) is 37.3 Å². The zero-order valence-electron chi connectivity index (χ0n) is 17.9. The summed E-state index contributed by atoms with van der Waals surface area (Å²) in [5, 5.41) is 11.6. The Bertz CT molecular complexity index is 995. The van der Waals surface area contributed by atoms with E-state index < -0.39 is 5.97 Å². The normalized spacial score (nSPS) is 17.9. The highest BCUT2D eigenvalue weighted by Crippen LogP contribution is 2.32. The fourth-order valence-electron chi connectivity index (χ4n) is 3.52. The van der Waals surface area contributed by atoms with Crippen LogP contribution in [0.15, 0.2) is 36.4 Å². The van der Waals surface area contributed by atoms with Crippen molar-refractivity contribution in [1.29, 1.82) is 0 Å². The number of esters is 1. The number of allylic oxidation sites excluding steroid dienone is 1. The number of ketones is 1. The number of halogens is 2. The Balaban J connectivity index is 1.88. The van der Waals surface area contributed by atoms with E-state index in [4.69, 9.17) is 32.7 Å². The highest BCUT2D eigenvalue weighted by Gasteiger charge is 2.21. The third-order valence-corrected chi connectivity index (χ3v) is 5.98. The quantitative estimate of drug-likeness (QED) is 0.495. The molecule has 0 saturated carbocycles. The number of carbonyl (C=O) groups is 2. The Labute approximate surface area is 197 Å². The molecule has 1 atom stereocenters. The number of fused-ring (bicyclic) bond motifs is 1. The van der Waals surface area contributed by atoms with Crippen LogP contribution in [0.5, 0.6) is 11.5 Å². The number of hydrogen-bond acceptors (Lipinski definition) is 5. The summed E-state index contributed by atoms with van der Waals surface area (Å²) in [7, 11) is 0. The molecular weight excluding hydrogens is 451 g/mol. The Morgan fingerprint density at radius 3 is 2.59 bits per heavy atom. The van der Waals surface area contributed by atoms with E-state index in [1.807, 2.05) is 6.08 Å². The molecular formula is C25H26Cl2O5. The zero-order chi connectivity index (χ0) is 23.1. The lowest BCUT2D eigenvalue weighted by atomic mass is 10.0. The van der Waals surface area contributed by atoms with Crippen LogP contribution in [0.1, 0.15) is 66.9 Å². The van der Waals surface area contributed by atoms with Crippen molar-refractivity contribution in [2.24, 2.45) is 0 Å². The van der Waals surface area contributed by atoms with Crippen molar-refractivity contribution in [3.05, 3.63) is 63.1 Å². The summed E-state index contributed by atoms with van der Waals surface area (Å²) in [6.45, 7) is 1.88. The molecule has 1 unspecified atom stereocenters. The highest BCUT2D eigenvalue weighted by molar-refractivity contribution is 6.35. The highest BCUT2D eigenvalue weighted by atomic mass is 35.5. The zero-order valence-corrected chi connectivity index (χ0v) is 19.4. The first-order valence-corrected chi connectivity index (χ1v) is 11.4. The van der Waals surface area contributed by atoms with Crippen LogP contribution in [-0.2, 0) is 16.1 Å². The van der Waals surface area contributed by atoms with Gasteiger partial charge in [-0.25, -0.2) is 4.79 Å². The lowest BCUT2D eigenvalue weighted by molar-refractivity contribution is -0.119. The topological polar surface area (TPSA) is 72.8 Å². The summed E-state index contributed by atoms with van der Waals surface area (Å²) in [6, 6.07) is 8.23. The molecule has 1 aliphatic rings. The van der Waals surface area contributed by atoms with Crippen molar-refractivity contribution in [3.63, 3.8) is 0 Å². The molecule has 3 rings (SSSR count). The average molecular weight is 477 g/mol. The Morgan fingerprint density at radius 2 is 1.84 bits per heavy atom. The second-order valence-corrected chi connectivity index (χ2v) is 8.65. The van der Waals surface area contributed by atoms with Crippen molar-refractivity contribution in [2.75, 3.05) is 0 Å². The molecule has 1 N–H and O–H groups in total. The van der Waals surface area contributed by atoms with E-state index in [0.717, 1.165) is 6.42 Å². The van der Waals surface area contributed by atoms with E-state index in [2.05, 4.69) is 0 Å². The number of hydrogen-bond donors (Lipinski definition) is 1. The monoisotopic (exact) mass is 476 g/mol. The Hall–Kier alpha value is -2.50. The standard InChI is InChI=1S/C25H26Cl2O5/c1-16-7-5-10-18(28)9-4-2-3-8-17-13-19(14-23(29)24(17)25(30)32-16)31-15-20-21(26)11-6-12-22(20)27/h3,6,8,11-14,16,29H,2,4-5,7,9-10,15H2,1H3. The number of phenols is 1. The predicted octanol–water partition coefficient (Wildman–Crippen LogP) is 6.76. The van der Waals surface area contributed by atoms with Crippen LogP contribution < -0.4 is 4.74 Å². The second-order valence-electron chi connectivity index (χ2n) is 7.84. The summed E-state index contributed by atoms with van der Waals surface area (Å²) in [5.41, 5.74) is 1.19. The van der Waals surface area contributed by atoms with E-state index in [0.29, 0.717) is 59.0 Å². The molecule has 170 valence electrons. The van der Waals surface area contributed by atoms with Crippen LogP contribution in [0.4, 0.5) is 0 Å². The van der Waals surface area contributed by atoms with E-state index in [1.165, 1.54) is 6.07 Å². The van der Waals surface area contributed by atoms with Gasteiger partial charge < -0.3 is 14.6 Å². The van der Waals surface area contributed by atoms with Gasteiger partial charge >= 0.3 is 5.97 Å². The molecule has 7 heteroatoms. The minimum atomic E-state index is -0.612. The van der Waals surface area contributed by atoms with Crippen LogP contribution in [0.3, 0.4) is 0 Å². The van der Waals surface area contributed by atoms with Gasteiger partial charge in [-0.15, -0.1) is 0 Å². The Morgan fingerprint density at radius 1 is 1.12 bits per heavy atom. The van der Waals surface area contributed by atoms with Crippen LogP contribution >= 0.6 is 23.2 Å². The number of rotatable bonds is 3. The molecule has 2 aromatic carbocycles. The molecule has 0 aliphatic carbocycles. The third-order valence-electron chi connectivity index (χ3n) is 5.27. The number of cyclic esters (lactones) is 1. The number of Topliss-reactive ketones (excluding diaryl/α,β-unsaturated/α-hetero) is 1. The fourth-order valence-corrected chi connectivity index (χ4v) is 4.03. The lowest BCUT2D eigenvalue weighted by Crippen LogP contribution is -2.17. The van der Waals surface area contributed by atoms with Crippen LogP contribution in [0.25, 0.3) is 6.08 Å². The summed E-state index contributed by atoms with van der Waals surface area (Å²) in [4.78, 5) is 24.7. The van der Waals surface area contributed by atoms with Gasteiger partial charge in [-0.2, -0.15) is 0 Å². The smallest absolute Gasteiger partial charge is 0.342 e. The first-order chi connectivity index (χ1) is 15.3. The summed E-state index contributed by atoms with van der Waals surface area (Å²) in [5.74, 6) is -0.259. The van der Waals surface area contributed by atoms with Gasteiger partial charge in [0.15, 0.2) is 0 Å². The van der Waals surface area contributed by atoms with Crippen LogP contribution in [0.2, 0.25) is 10.0 Å². The summed E-state index contributed by atoms with van der Waals surface area (Å²) < 4.78 is 11.3. The molecule has 0 fully saturated rings. The van der Waals surface area contributed by atoms with Crippen LogP contribution in [-0.4, -0.2) is 23.0 Å². The minimum absolute atomic E-state index is 0.0874. The van der Waals surface area contributed by atoms with Gasteiger partial charge in [-0.05, 0) is 56.4 Å². The van der Waals surface area contributed by atoms with Gasteiger partial charge in [0.05, 0.1) is 6.10 Å². The predicted molar refractivity (Wildman–Crippen MR) is 126 cm³/mol. The maximum atomic E-state index is 12.8. The lowest BCUT2D eigenvalue weighted by Gasteiger charge is -2.17. The minimum Gasteiger partial charge on any atom is -0.507 e. The van der Waals surface area contributed by atoms with Gasteiger partial charge in [0, 0.05) is 34.5 Å². The molecule has 0 aromatic heterocycles. The molecule has 0 bridgehead atoms. The molecule has 0 amide bonds. The SMILES string of the molecule is CC1CCCC(=O)CCCC=Cc2cc(OCc3c(Cl)cccc3Cl)cc(O)c2C(=O)O1. The van der Waals surface area contributed by atoms with Crippen molar-refractivity contribution < 1.29 is 24.2 Å². The molecule has 0 spiro atoms. The molecule has 5 nitrogen and oxygen atoms in total. The van der Waals surface area contributed by atoms with Crippen molar-refractivity contribution in [2.45, 2.75) is 58.2 Å². The average Bonchev–Trinajstić information content (AvgIpc) is 2.72. The third kappa shape index (κ3) is 6.50. The van der Waals surface area contributed by atoms with Crippen molar-refractivity contribution in [1.82, 2.24) is 0 Å². The van der Waals surface area contributed by atoms with Crippen molar-refractivity contribution >= 4 is 41.0 Å². The number of ether oxygens (including phenoxy) is 2. The van der Waals surface area contributed by atoms with Gasteiger partial charge in [-0.3, -0.25) is 4.79 Å². The second kappa shape index (κ2) is 11.4. The molecule has 0 saturated heterocycles. The van der Waals surface area contributed by atoms with Crippen molar-refractivity contribution in [3.8, 4) is 11.5 Å². The maximum absolute atomic E-state index is 12.8. The Kier molecular flexibility index (Phi) is 8.60. The van der Waals surface area contributed by atoms with E-state index in [9.17, 15) is 14.7 Å². The largest absolute Gasteiger partial charge is 0.507 e. The molecule has 1 aliphatic heterocycles. The summed E-state index contributed by atoms with van der Waals surface area (Å²) >= 11 is 12.4. The van der Waals surface area contributed by atoms with Gasteiger partial charge in [0.25, 0.3) is 0 Å².